The fraction of sp³-hybridized carbons (Fsp3) is 0.600. The Bertz CT molecular complexity index is 317. The number of ether oxygens (including phenoxy) is 3. The number of hydrogen-bond acceptors (Lipinski definition) is 3. The highest BCUT2D eigenvalue weighted by atomic mass is 16.6. The van der Waals surface area contributed by atoms with Crippen LogP contribution in [-0.4, -0.2) is 32.0 Å². The first-order chi connectivity index (χ1) is 8.74. The van der Waals surface area contributed by atoms with Crippen LogP contribution in [0.15, 0.2) is 24.3 Å². The molecular formula is C15H24O3. The second kappa shape index (κ2) is 8.11. The van der Waals surface area contributed by atoms with Gasteiger partial charge in [-0.25, -0.2) is 0 Å². The summed E-state index contributed by atoms with van der Waals surface area (Å²) in [4.78, 5) is 0. The van der Waals surface area contributed by atoms with Crippen LogP contribution in [0.1, 0.15) is 26.3 Å². The van der Waals surface area contributed by atoms with Gasteiger partial charge in [-0.2, -0.15) is 0 Å². The number of epoxide rings is 1. The van der Waals surface area contributed by atoms with Gasteiger partial charge >= 0.3 is 0 Å². The first-order valence-electron chi connectivity index (χ1n) is 6.67. The van der Waals surface area contributed by atoms with Crippen molar-refractivity contribution in [3.8, 4) is 5.75 Å². The van der Waals surface area contributed by atoms with Gasteiger partial charge in [-0.3, -0.25) is 0 Å². The highest BCUT2D eigenvalue weighted by Crippen LogP contribution is 2.13. The van der Waals surface area contributed by atoms with E-state index in [0.717, 1.165) is 12.4 Å². The van der Waals surface area contributed by atoms with Gasteiger partial charge in [0, 0.05) is 0 Å². The Kier molecular flexibility index (Phi) is 6.76. The van der Waals surface area contributed by atoms with Crippen LogP contribution in [0, 0.1) is 6.92 Å². The van der Waals surface area contributed by atoms with Crippen LogP contribution in [0.4, 0.5) is 0 Å². The van der Waals surface area contributed by atoms with E-state index in [1.807, 2.05) is 45.0 Å². The molecule has 18 heavy (non-hydrogen) atoms. The van der Waals surface area contributed by atoms with Crippen molar-refractivity contribution in [2.75, 3.05) is 19.8 Å². The topological polar surface area (TPSA) is 31.0 Å². The molecule has 0 saturated carbocycles. The number of aryl methyl sites for hydroxylation is 1. The van der Waals surface area contributed by atoms with Gasteiger partial charge in [-0.15, -0.1) is 0 Å². The predicted molar refractivity (Wildman–Crippen MR) is 73.2 cm³/mol. The van der Waals surface area contributed by atoms with E-state index in [9.17, 15) is 0 Å². The molecule has 1 saturated heterocycles. The molecule has 0 aromatic heterocycles. The molecule has 1 aromatic carbocycles. The summed E-state index contributed by atoms with van der Waals surface area (Å²) in [6.45, 7) is 10.2. The summed E-state index contributed by atoms with van der Waals surface area (Å²) in [6.07, 6.45) is 0.423. The standard InChI is InChI=1S/C13H18O3.C2H6/c1-10-3-5-12(6-4-10)15-7-11(2)14-8-13-9-16-13;1-2/h3-6,11,13H,7-9H2,1-2H3;1-2H3. The first kappa shape index (κ1) is 15.0. The second-order valence-corrected chi connectivity index (χ2v) is 4.22. The van der Waals surface area contributed by atoms with Gasteiger partial charge in [0.15, 0.2) is 0 Å². The quantitative estimate of drug-likeness (QED) is 0.728. The molecule has 1 aliphatic rings. The molecule has 1 aromatic rings. The van der Waals surface area contributed by atoms with Crippen molar-refractivity contribution in [2.24, 2.45) is 0 Å². The molecule has 1 aliphatic heterocycles. The average molecular weight is 252 g/mol. The number of hydrogen-bond donors (Lipinski definition) is 0. The van der Waals surface area contributed by atoms with Gasteiger partial charge in [-0.1, -0.05) is 31.5 Å². The highest BCUT2D eigenvalue weighted by molar-refractivity contribution is 5.26. The predicted octanol–water partition coefficient (Wildman–Crippen LogP) is 3.20. The molecule has 1 heterocycles. The molecule has 3 heteroatoms. The minimum atomic E-state index is 0.102. The number of rotatable bonds is 6. The van der Waals surface area contributed by atoms with Crippen molar-refractivity contribution >= 4 is 0 Å². The third-order valence-electron chi connectivity index (χ3n) is 2.47. The smallest absolute Gasteiger partial charge is 0.119 e. The SMILES string of the molecule is CC.Cc1ccc(OCC(C)OCC2CO2)cc1. The number of benzene rings is 1. The summed E-state index contributed by atoms with van der Waals surface area (Å²) in [5.74, 6) is 0.892. The van der Waals surface area contributed by atoms with E-state index in [0.29, 0.717) is 19.3 Å². The molecule has 1 fully saturated rings. The lowest BCUT2D eigenvalue weighted by atomic mass is 10.2. The Labute approximate surface area is 110 Å². The lowest BCUT2D eigenvalue weighted by Crippen LogP contribution is -2.20. The van der Waals surface area contributed by atoms with Crippen molar-refractivity contribution in [3.05, 3.63) is 29.8 Å². The van der Waals surface area contributed by atoms with Crippen LogP contribution < -0.4 is 4.74 Å². The third-order valence-corrected chi connectivity index (χ3v) is 2.47. The maximum absolute atomic E-state index is 5.61. The molecule has 3 nitrogen and oxygen atoms in total. The van der Waals surface area contributed by atoms with Crippen molar-refractivity contribution < 1.29 is 14.2 Å². The summed E-state index contributed by atoms with van der Waals surface area (Å²) in [5, 5.41) is 0. The molecule has 2 atom stereocenters. The molecule has 0 radical (unpaired) electrons. The van der Waals surface area contributed by atoms with Crippen LogP contribution in [-0.2, 0) is 9.47 Å². The van der Waals surface area contributed by atoms with Gasteiger partial charge in [0.25, 0.3) is 0 Å². The van der Waals surface area contributed by atoms with Gasteiger partial charge in [0.05, 0.1) is 19.3 Å². The molecular weight excluding hydrogens is 228 g/mol. The van der Waals surface area contributed by atoms with Crippen molar-refractivity contribution in [3.63, 3.8) is 0 Å². The summed E-state index contributed by atoms with van der Waals surface area (Å²) in [6, 6.07) is 8.04. The molecule has 0 spiro atoms. The van der Waals surface area contributed by atoms with Crippen LogP contribution in [0.2, 0.25) is 0 Å². The zero-order chi connectivity index (χ0) is 13.4. The summed E-state index contributed by atoms with van der Waals surface area (Å²) in [5.41, 5.74) is 1.24. The summed E-state index contributed by atoms with van der Waals surface area (Å²) >= 11 is 0. The zero-order valence-corrected chi connectivity index (χ0v) is 11.8. The van der Waals surface area contributed by atoms with Crippen molar-refractivity contribution in [1.29, 1.82) is 0 Å². The lowest BCUT2D eigenvalue weighted by Gasteiger charge is -2.13. The minimum absolute atomic E-state index is 0.102. The fourth-order valence-corrected chi connectivity index (χ4v) is 1.33. The molecule has 102 valence electrons. The summed E-state index contributed by atoms with van der Waals surface area (Å²) < 4.78 is 16.2. The van der Waals surface area contributed by atoms with Crippen LogP contribution in [0.25, 0.3) is 0 Å². The Morgan fingerprint density at radius 3 is 2.44 bits per heavy atom. The monoisotopic (exact) mass is 252 g/mol. The van der Waals surface area contributed by atoms with E-state index < -0.39 is 0 Å². The summed E-state index contributed by atoms with van der Waals surface area (Å²) in [7, 11) is 0. The Hall–Kier alpha value is -1.06. The van der Waals surface area contributed by atoms with E-state index in [-0.39, 0.29) is 6.10 Å². The molecule has 2 unspecified atom stereocenters. The van der Waals surface area contributed by atoms with E-state index in [4.69, 9.17) is 14.2 Å². The average Bonchev–Trinajstić information content (AvgIpc) is 3.22. The third kappa shape index (κ3) is 6.03. The lowest BCUT2D eigenvalue weighted by molar-refractivity contribution is 0.0241. The normalized spacial score (nSPS) is 18.6. The Balaban J connectivity index is 0.000000771. The molecule has 2 rings (SSSR count). The van der Waals surface area contributed by atoms with E-state index in [2.05, 4.69) is 6.92 Å². The maximum atomic E-state index is 5.61. The van der Waals surface area contributed by atoms with E-state index in [1.165, 1.54) is 5.56 Å². The van der Waals surface area contributed by atoms with E-state index in [1.54, 1.807) is 0 Å². The zero-order valence-electron chi connectivity index (χ0n) is 11.8. The first-order valence-corrected chi connectivity index (χ1v) is 6.67. The van der Waals surface area contributed by atoms with E-state index >= 15 is 0 Å². The minimum Gasteiger partial charge on any atom is -0.491 e. The van der Waals surface area contributed by atoms with Crippen molar-refractivity contribution in [2.45, 2.75) is 39.9 Å². The van der Waals surface area contributed by atoms with Gasteiger partial charge in [0.1, 0.15) is 18.5 Å². The Morgan fingerprint density at radius 2 is 1.89 bits per heavy atom. The van der Waals surface area contributed by atoms with Gasteiger partial charge < -0.3 is 14.2 Å². The van der Waals surface area contributed by atoms with Crippen LogP contribution in [0.5, 0.6) is 5.75 Å². The molecule has 0 aliphatic carbocycles. The van der Waals surface area contributed by atoms with Gasteiger partial charge in [-0.05, 0) is 26.0 Å². The Morgan fingerprint density at radius 1 is 1.28 bits per heavy atom. The van der Waals surface area contributed by atoms with Crippen molar-refractivity contribution in [1.82, 2.24) is 0 Å². The molecule has 0 amide bonds. The molecule has 0 N–H and O–H groups in total. The van der Waals surface area contributed by atoms with Gasteiger partial charge in [0.2, 0.25) is 0 Å². The second-order valence-electron chi connectivity index (χ2n) is 4.22. The van der Waals surface area contributed by atoms with Crippen LogP contribution >= 0.6 is 0 Å². The van der Waals surface area contributed by atoms with Crippen LogP contribution in [0.3, 0.4) is 0 Å². The molecule has 0 bridgehead atoms. The maximum Gasteiger partial charge on any atom is 0.119 e. The fourth-order valence-electron chi connectivity index (χ4n) is 1.33. The largest absolute Gasteiger partial charge is 0.491 e. The highest BCUT2D eigenvalue weighted by Gasteiger charge is 2.23.